The highest BCUT2D eigenvalue weighted by molar-refractivity contribution is 5.85. The minimum atomic E-state index is -1.08. The van der Waals surface area contributed by atoms with E-state index in [1.54, 1.807) is 12.1 Å². The van der Waals surface area contributed by atoms with Crippen LogP contribution in [0.2, 0.25) is 0 Å². The maximum absolute atomic E-state index is 10.3. The van der Waals surface area contributed by atoms with Crippen molar-refractivity contribution in [1.82, 2.24) is 0 Å². The zero-order valence-corrected chi connectivity index (χ0v) is 14.1. The van der Waals surface area contributed by atoms with Crippen LogP contribution in [0.25, 0.3) is 22.2 Å². The molecule has 0 unspecified atom stereocenters. The van der Waals surface area contributed by atoms with E-state index in [0.29, 0.717) is 5.56 Å². The fraction of sp³-hybridized carbons (Fsp3) is 0.158. The molecule has 6 nitrogen and oxygen atoms in total. The smallest absolute Gasteiger partial charge is 0.216 e. The minimum Gasteiger partial charge on any atom is -0.550 e. The molecule has 1 heterocycles. The molecule has 0 spiro atoms. The van der Waals surface area contributed by atoms with Crippen molar-refractivity contribution in [1.29, 1.82) is 0 Å². The van der Waals surface area contributed by atoms with Crippen molar-refractivity contribution in [3.05, 3.63) is 48.0 Å². The normalized spacial score (nSPS) is 10.2. The topological polar surface area (TPSA) is 105 Å². The first-order chi connectivity index (χ1) is 11.7. The highest BCUT2D eigenvalue weighted by Gasteiger charge is 2.18. The summed E-state index contributed by atoms with van der Waals surface area (Å²) in [6.07, 6.45) is 0. The molecule has 0 saturated heterocycles. The number of aliphatic carboxylic acids is 1. The van der Waals surface area contributed by atoms with E-state index in [4.69, 9.17) is 9.90 Å². The monoisotopic (exact) mass is 341 g/mol. The zero-order valence-electron chi connectivity index (χ0n) is 14.1. The number of carbonyl (C=O) groups is 1. The molecular weight excluding hydrogens is 322 g/mol. The molecule has 130 valence electrons. The van der Waals surface area contributed by atoms with Gasteiger partial charge in [0, 0.05) is 12.0 Å². The van der Waals surface area contributed by atoms with E-state index < -0.39 is 5.97 Å². The van der Waals surface area contributed by atoms with Crippen LogP contribution in [0.15, 0.2) is 42.5 Å². The molecule has 3 rings (SSSR count). The van der Waals surface area contributed by atoms with Gasteiger partial charge in [-0.25, -0.2) is 0 Å². The number of phenols is 2. The lowest BCUT2D eigenvalue weighted by atomic mass is 10.1. The van der Waals surface area contributed by atoms with Crippen LogP contribution in [-0.2, 0) is 11.8 Å². The molecule has 2 aromatic carbocycles. The van der Waals surface area contributed by atoms with E-state index in [9.17, 15) is 15.3 Å². The number of rotatable bonds is 1. The summed E-state index contributed by atoms with van der Waals surface area (Å²) in [5.41, 5.74) is 3.43. The van der Waals surface area contributed by atoms with Gasteiger partial charge in [0.15, 0.2) is 11.5 Å². The van der Waals surface area contributed by atoms with Gasteiger partial charge in [-0.1, -0.05) is 6.07 Å². The van der Waals surface area contributed by atoms with Crippen LogP contribution < -0.4 is 9.67 Å². The van der Waals surface area contributed by atoms with Crippen LogP contribution in [0.4, 0.5) is 0 Å². The third-order valence-corrected chi connectivity index (χ3v) is 3.70. The van der Waals surface area contributed by atoms with Gasteiger partial charge >= 0.3 is 0 Å². The second kappa shape index (κ2) is 7.09. The molecule has 0 aliphatic carbocycles. The third-order valence-electron chi connectivity index (χ3n) is 3.70. The Labute approximate surface area is 144 Å². The molecule has 0 fully saturated rings. The summed E-state index contributed by atoms with van der Waals surface area (Å²) in [6, 6.07) is 12.1. The number of fused-ring (bicyclic) bond motifs is 1. The molecule has 0 radical (unpaired) electrons. The number of hydrogen-bond acceptors (Lipinski definition) is 5. The summed E-state index contributed by atoms with van der Waals surface area (Å²) < 4.78 is 1.94. The fourth-order valence-electron chi connectivity index (χ4n) is 2.54. The van der Waals surface area contributed by atoms with Crippen LogP contribution in [-0.4, -0.2) is 21.3 Å². The molecule has 0 atom stereocenters. The second-order valence-electron chi connectivity index (χ2n) is 5.69. The summed E-state index contributed by atoms with van der Waals surface area (Å²) in [5, 5.41) is 39.0. The number of nitrogens with zero attached hydrogens (tertiary/aromatic N) is 1. The number of benzene rings is 2. The van der Waals surface area contributed by atoms with Crippen LogP contribution in [0, 0.1) is 6.92 Å². The number of phenolic OH excluding ortho intramolecular Hbond substituents is 2. The second-order valence-corrected chi connectivity index (χ2v) is 5.69. The van der Waals surface area contributed by atoms with Gasteiger partial charge in [-0.15, -0.1) is 0 Å². The molecule has 0 aliphatic rings. The van der Waals surface area contributed by atoms with E-state index in [0.717, 1.165) is 29.1 Å². The standard InChI is InChI=1S/C17H15NO3.C2H4O2/c1-10-3-5-13-12(7-10)16(20)9-14(18(13)2)11-4-6-15(19)17(21)8-11;1-2(3)4/h3-9H,1-2H3,(H2,19,20,21);1H3,(H,3,4). The molecule has 6 heteroatoms. The Kier molecular flexibility index (Phi) is 5.12. The number of carboxylic acids is 1. The minimum absolute atomic E-state index is 0.165. The highest BCUT2D eigenvalue weighted by atomic mass is 16.4. The van der Waals surface area contributed by atoms with Crippen LogP contribution in [0.5, 0.6) is 17.2 Å². The Hall–Kier alpha value is -3.28. The molecule has 1 aromatic heterocycles. The van der Waals surface area contributed by atoms with E-state index in [-0.39, 0.29) is 17.2 Å². The number of aromatic nitrogens is 1. The van der Waals surface area contributed by atoms with Crippen molar-refractivity contribution < 1.29 is 29.8 Å². The molecule has 0 saturated carbocycles. The van der Waals surface area contributed by atoms with E-state index in [1.807, 2.05) is 36.7 Å². The van der Waals surface area contributed by atoms with E-state index >= 15 is 0 Å². The number of aryl methyl sites for hydroxylation is 2. The predicted octanol–water partition coefficient (Wildman–Crippen LogP) is 1.51. The van der Waals surface area contributed by atoms with Gasteiger partial charge in [0.25, 0.3) is 0 Å². The first-order valence-corrected chi connectivity index (χ1v) is 7.53. The van der Waals surface area contributed by atoms with Gasteiger partial charge in [-0.3, -0.25) is 0 Å². The summed E-state index contributed by atoms with van der Waals surface area (Å²) in [6.45, 7) is 2.95. The Bertz CT molecular complexity index is 946. The van der Waals surface area contributed by atoms with Crippen molar-refractivity contribution in [3.63, 3.8) is 0 Å². The highest BCUT2D eigenvalue weighted by Crippen LogP contribution is 2.32. The van der Waals surface area contributed by atoms with Crippen molar-refractivity contribution in [3.8, 4) is 28.5 Å². The van der Waals surface area contributed by atoms with Crippen molar-refractivity contribution in [2.24, 2.45) is 7.05 Å². The zero-order chi connectivity index (χ0) is 18.7. The number of hydrogen-bond donors (Lipinski definition) is 3. The molecule has 25 heavy (non-hydrogen) atoms. The summed E-state index contributed by atoms with van der Waals surface area (Å²) in [4.78, 5) is 8.89. The molecule has 0 aliphatic heterocycles. The fourth-order valence-corrected chi connectivity index (χ4v) is 2.54. The number of carbonyl (C=O) groups excluding carboxylic acids is 1. The molecular formula is C19H19NO5. The Morgan fingerprint density at radius 1 is 0.960 bits per heavy atom. The quantitative estimate of drug-likeness (QED) is 0.460. The lowest BCUT2D eigenvalue weighted by Gasteiger charge is -2.07. The molecule has 3 N–H and O–H groups in total. The number of pyridine rings is 1. The van der Waals surface area contributed by atoms with Gasteiger partial charge in [0.2, 0.25) is 11.2 Å². The maximum atomic E-state index is 10.3. The van der Waals surface area contributed by atoms with Gasteiger partial charge < -0.3 is 25.2 Å². The third kappa shape index (κ3) is 3.98. The van der Waals surface area contributed by atoms with E-state index in [2.05, 4.69) is 0 Å². The molecule has 0 amide bonds. The maximum Gasteiger partial charge on any atom is 0.216 e. The Morgan fingerprint density at radius 2 is 1.60 bits per heavy atom. The van der Waals surface area contributed by atoms with Crippen LogP contribution in [0.3, 0.4) is 0 Å². The van der Waals surface area contributed by atoms with Crippen molar-refractivity contribution in [2.75, 3.05) is 0 Å². The largest absolute Gasteiger partial charge is 0.550 e. The lowest BCUT2D eigenvalue weighted by molar-refractivity contribution is -0.633. The van der Waals surface area contributed by atoms with Crippen LogP contribution >= 0.6 is 0 Å². The van der Waals surface area contributed by atoms with E-state index in [1.165, 1.54) is 12.1 Å². The van der Waals surface area contributed by atoms with Crippen molar-refractivity contribution in [2.45, 2.75) is 13.8 Å². The van der Waals surface area contributed by atoms with Crippen molar-refractivity contribution >= 4 is 16.9 Å². The average molecular weight is 341 g/mol. The Morgan fingerprint density at radius 3 is 2.20 bits per heavy atom. The molecule has 0 bridgehead atoms. The first-order valence-electron chi connectivity index (χ1n) is 7.53. The van der Waals surface area contributed by atoms with Gasteiger partial charge in [0.1, 0.15) is 12.8 Å². The lowest BCUT2D eigenvalue weighted by Crippen LogP contribution is -2.32. The number of carboxylic acid groups (broad SMARTS) is 1. The predicted molar refractivity (Wildman–Crippen MR) is 91.0 cm³/mol. The van der Waals surface area contributed by atoms with Gasteiger partial charge in [0.05, 0.1) is 17.0 Å². The SMILES string of the molecule is CC(=O)[O-].Cc1ccc2c(c1)c(O)cc(-c1ccc(O)c(O)c1)[n+]2C. The summed E-state index contributed by atoms with van der Waals surface area (Å²) in [7, 11) is 1.90. The average Bonchev–Trinajstić information content (AvgIpc) is 2.53. The Balaban J connectivity index is 0.000000511. The van der Waals surface area contributed by atoms with Gasteiger partial charge in [-0.2, -0.15) is 4.57 Å². The number of aromatic hydroxyl groups is 3. The molecule has 3 aromatic rings. The summed E-state index contributed by atoms with van der Waals surface area (Å²) >= 11 is 0. The van der Waals surface area contributed by atoms with Gasteiger partial charge in [-0.05, 0) is 43.7 Å². The first kappa shape index (κ1) is 18.1. The van der Waals surface area contributed by atoms with Crippen LogP contribution in [0.1, 0.15) is 12.5 Å². The summed E-state index contributed by atoms with van der Waals surface area (Å²) in [5.74, 6) is -1.24.